The summed E-state index contributed by atoms with van der Waals surface area (Å²) in [6, 6.07) is 0.704. The lowest BCUT2D eigenvalue weighted by Crippen LogP contribution is -2.56. The molecule has 6 nitrogen and oxygen atoms in total. The van der Waals surface area contributed by atoms with Gasteiger partial charge in [0.25, 0.3) is 0 Å². The van der Waals surface area contributed by atoms with Crippen molar-refractivity contribution in [2.75, 3.05) is 18.0 Å². The molecule has 1 amide bonds. The molecule has 32 heavy (non-hydrogen) atoms. The fourth-order valence-corrected chi connectivity index (χ4v) is 5.23. The van der Waals surface area contributed by atoms with Gasteiger partial charge in [0.05, 0.1) is 20.6 Å². The minimum Gasteiger partial charge on any atom is -0.444 e. The molecule has 174 valence electrons. The smallest absolute Gasteiger partial charge is 0.417 e. The number of anilines is 1. The molecule has 4 rings (SSSR count). The van der Waals surface area contributed by atoms with Crippen LogP contribution in [0.15, 0.2) is 10.5 Å². The maximum atomic E-state index is 13.6. The molecule has 0 saturated carbocycles. The Morgan fingerprint density at radius 3 is 2.28 bits per heavy atom. The van der Waals surface area contributed by atoms with Crippen molar-refractivity contribution in [3.05, 3.63) is 26.4 Å². The third-order valence-electron chi connectivity index (χ3n) is 5.51. The number of hydrogen-bond donors (Lipinski definition) is 0. The van der Waals surface area contributed by atoms with E-state index in [1.54, 1.807) is 25.7 Å². The summed E-state index contributed by atoms with van der Waals surface area (Å²) in [5.41, 5.74) is -1.40. The number of halogens is 6. The van der Waals surface area contributed by atoms with Crippen molar-refractivity contribution in [1.82, 2.24) is 14.9 Å². The van der Waals surface area contributed by atoms with Gasteiger partial charge < -0.3 is 14.5 Å². The van der Waals surface area contributed by atoms with E-state index in [1.165, 1.54) is 0 Å². The second-order valence-corrected chi connectivity index (χ2v) is 10.4. The van der Waals surface area contributed by atoms with E-state index < -0.39 is 23.4 Å². The number of likely N-dealkylation sites (tertiary alicyclic amines) is 1. The Morgan fingerprint density at radius 2 is 1.75 bits per heavy atom. The maximum Gasteiger partial charge on any atom is 0.417 e. The van der Waals surface area contributed by atoms with Crippen LogP contribution >= 0.6 is 39.1 Å². The Balaban J connectivity index is 1.76. The first kappa shape index (κ1) is 23.6. The van der Waals surface area contributed by atoms with Crippen LogP contribution in [0.1, 0.15) is 39.2 Å². The highest BCUT2D eigenvalue weighted by Gasteiger charge is 2.44. The summed E-state index contributed by atoms with van der Waals surface area (Å²) >= 11 is 15.3. The first-order chi connectivity index (χ1) is 14.8. The topological polar surface area (TPSA) is 58.6 Å². The number of hydrogen-bond acceptors (Lipinski definition) is 5. The Kier molecular flexibility index (Phi) is 5.95. The van der Waals surface area contributed by atoms with Gasteiger partial charge in [0.15, 0.2) is 0 Å². The van der Waals surface area contributed by atoms with Crippen LogP contribution in [0.4, 0.5) is 23.8 Å². The first-order valence-corrected chi connectivity index (χ1v) is 11.5. The van der Waals surface area contributed by atoms with Gasteiger partial charge in [-0.3, -0.25) is 0 Å². The van der Waals surface area contributed by atoms with E-state index in [9.17, 15) is 18.0 Å². The summed E-state index contributed by atoms with van der Waals surface area (Å²) in [4.78, 5) is 24.5. The summed E-state index contributed by atoms with van der Waals surface area (Å²) in [6.07, 6.45) is -3.53. The molecular weight excluding hydrogens is 536 g/mol. The largest absolute Gasteiger partial charge is 0.444 e. The van der Waals surface area contributed by atoms with Gasteiger partial charge in [0.1, 0.15) is 11.4 Å². The minimum atomic E-state index is -4.62. The number of nitrogens with zero attached hydrogens (tertiary/aromatic N) is 4. The number of piperazine rings is 1. The van der Waals surface area contributed by atoms with Gasteiger partial charge in [-0.25, -0.2) is 9.78 Å². The fraction of sp³-hybridized carbons (Fsp3) is 0.550. The van der Waals surface area contributed by atoms with Gasteiger partial charge >= 0.3 is 12.3 Å². The second kappa shape index (κ2) is 8.06. The molecule has 1 aromatic carbocycles. The van der Waals surface area contributed by atoms with Crippen LogP contribution in [0.25, 0.3) is 10.9 Å². The van der Waals surface area contributed by atoms with Gasteiger partial charge in [-0.05, 0) is 67.2 Å². The summed E-state index contributed by atoms with van der Waals surface area (Å²) in [7, 11) is 0. The number of carbonyl (C=O) groups is 1. The predicted molar refractivity (Wildman–Crippen MR) is 119 cm³/mol. The van der Waals surface area contributed by atoms with Crippen LogP contribution in [0.3, 0.4) is 0 Å². The van der Waals surface area contributed by atoms with Crippen LogP contribution in [0.2, 0.25) is 10.3 Å². The van der Waals surface area contributed by atoms with Crippen LogP contribution in [0.5, 0.6) is 0 Å². The number of amides is 1. The van der Waals surface area contributed by atoms with E-state index in [-0.39, 0.29) is 43.6 Å². The van der Waals surface area contributed by atoms with Gasteiger partial charge in [0, 0.05) is 30.6 Å². The molecule has 0 N–H and O–H groups in total. The lowest BCUT2D eigenvalue weighted by Gasteiger charge is -2.42. The molecule has 2 atom stereocenters. The summed E-state index contributed by atoms with van der Waals surface area (Å²) < 4.78 is 46.1. The molecular formula is C20H20BrCl2F3N4O2. The molecule has 2 fully saturated rings. The second-order valence-electron chi connectivity index (χ2n) is 8.94. The molecule has 12 heteroatoms. The van der Waals surface area contributed by atoms with Gasteiger partial charge in [-0.15, -0.1) is 0 Å². The average molecular weight is 556 g/mol. The number of benzene rings is 1. The summed E-state index contributed by atoms with van der Waals surface area (Å²) in [6.45, 7) is 6.12. The lowest BCUT2D eigenvalue weighted by atomic mass is 10.1. The number of ether oxygens (including phenoxy) is 1. The van der Waals surface area contributed by atoms with Gasteiger partial charge in [0.2, 0.25) is 5.28 Å². The lowest BCUT2D eigenvalue weighted by molar-refractivity contribution is -0.138. The molecule has 0 radical (unpaired) electrons. The molecule has 2 bridgehead atoms. The Labute approximate surface area is 201 Å². The van der Waals surface area contributed by atoms with Crippen molar-refractivity contribution in [1.29, 1.82) is 0 Å². The highest BCUT2D eigenvalue weighted by atomic mass is 79.9. The van der Waals surface area contributed by atoms with E-state index >= 15 is 0 Å². The molecule has 2 aliphatic rings. The molecule has 2 aliphatic heterocycles. The van der Waals surface area contributed by atoms with Crippen LogP contribution in [-0.2, 0) is 10.9 Å². The zero-order valence-electron chi connectivity index (χ0n) is 17.4. The molecule has 2 saturated heterocycles. The molecule has 1 aromatic heterocycles. The van der Waals surface area contributed by atoms with Crippen molar-refractivity contribution < 1.29 is 22.7 Å². The maximum absolute atomic E-state index is 13.6. The summed E-state index contributed by atoms with van der Waals surface area (Å²) in [5.74, 6) is 0.288. The van der Waals surface area contributed by atoms with Crippen LogP contribution in [-0.4, -0.2) is 51.7 Å². The molecule has 2 unspecified atom stereocenters. The highest BCUT2D eigenvalue weighted by molar-refractivity contribution is 9.10. The Bertz CT molecular complexity index is 1080. The fourth-order valence-electron chi connectivity index (χ4n) is 4.29. The predicted octanol–water partition coefficient (Wildman–Crippen LogP) is 6.31. The van der Waals surface area contributed by atoms with Crippen LogP contribution in [0, 0.1) is 0 Å². The first-order valence-electron chi connectivity index (χ1n) is 9.95. The SMILES string of the molecule is CC(C)(C)OC(=O)N1CC2CCC(C1)N2c1nc(Cl)nc2c(Cl)c(Br)c(C(F)(F)F)cc12. The molecule has 0 aliphatic carbocycles. The quantitative estimate of drug-likeness (QED) is 0.386. The zero-order chi connectivity index (χ0) is 23.6. The number of fused-ring (bicyclic) bond motifs is 3. The van der Waals surface area contributed by atoms with E-state index in [4.69, 9.17) is 27.9 Å². The average Bonchev–Trinajstić information content (AvgIpc) is 2.90. The molecule has 2 aromatic rings. The third-order valence-corrected chi connectivity index (χ3v) is 7.10. The van der Waals surface area contributed by atoms with Crippen molar-refractivity contribution in [2.45, 2.75) is 57.5 Å². The summed E-state index contributed by atoms with van der Waals surface area (Å²) in [5, 5.41) is -0.132. The standard InChI is InChI=1S/C20H20BrCl2F3N4O2/c1-19(2,3)32-18(31)29-7-9-4-5-10(8-29)30(9)16-11-6-12(20(24,25)26)13(21)14(22)15(11)27-17(23)28-16/h6,9-10H,4-5,7-8H2,1-3H3. The third kappa shape index (κ3) is 4.33. The van der Waals surface area contributed by atoms with E-state index in [0.717, 1.165) is 18.9 Å². The molecule has 3 heterocycles. The highest BCUT2D eigenvalue weighted by Crippen LogP contribution is 2.45. The molecule has 0 spiro atoms. The monoisotopic (exact) mass is 554 g/mol. The van der Waals surface area contributed by atoms with E-state index in [1.807, 2.05) is 4.90 Å². The van der Waals surface area contributed by atoms with Crippen molar-refractivity contribution in [2.24, 2.45) is 0 Å². The van der Waals surface area contributed by atoms with Gasteiger partial charge in [-0.1, -0.05) is 11.6 Å². The van der Waals surface area contributed by atoms with Crippen LogP contribution < -0.4 is 4.90 Å². The van der Waals surface area contributed by atoms with E-state index in [0.29, 0.717) is 13.1 Å². The van der Waals surface area contributed by atoms with Crippen molar-refractivity contribution in [3.8, 4) is 0 Å². The van der Waals surface area contributed by atoms with Crippen molar-refractivity contribution in [3.63, 3.8) is 0 Å². The van der Waals surface area contributed by atoms with Gasteiger partial charge in [-0.2, -0.15) is 18.2 Å². The number of alkyl halides is 3. The Hall–Kier alpha value is -1.52. The van der Waals surface area contributed by atoms with E-state index in [2.05, 4.69) is 25.9 Å². The minimum absolute atomic E-state index is 0.116. The number of carbonyl (C=O) groups excluding carboxylic acids is 1. The van der Waals surface area contributed by atoms with Crippen molar-refractivity contribution >= 4 is 61.9 Å². The zero-order valence-corrected chi connectivity index (χ0v) is 20.5. The number of rotatable bonds is 1. The normalized spacial score (nSPS) is 21.4. The number of aromatic nitrogens is 2. The Morgan fingerprint density at radius 1 is 1.16 bits per heavy atom.